The second-order valence-corrected chi connectivity index (χ2v) is 16.1. The van der Waals surface area contributed by atoms with Crippen LogP contribution < -0.4 is 20.7 Å². The number of aryl methyl sites for hydroxylation is 1. The van der Waals surface area contributed by atoms with Crippen LogP contribution in [0, 0.1) is 18.3 Å². The van der Waals surface area contributed by atoms with Crippen LogP contribution in [-0.2, 0) is 29.1 Å². The number of aromatic amines is 1. The highest BCUT2D eigenvalue weighted by Gasteiger charge is 2.52. The van der Waals surface area contributed by atoms with Crippen LogP contribution in [0.15, 0.2) is 94.6 Å². The van der Waals surface area contributed by atoms with Gasteiger partial charge in [0, 0.05) is 36.9 Å². The average molecular weight is 819 g/mol. The van der Waals surface area contributed by atoms with Crippen molar-refractivity contribution in [3.8, 4) is 17.6 Å². The van der Waals surface area contributed by atoms with Crippen molar-refractivity contribution in [1.82, 2.24) is 14.2 Å². The topological polar surface area (TPSA) is 167 Å². The summed E-state index contributed by atoms with van der Waals surface area (Å²) in [6.45, 7) is 9.60. The summed E-state index contributed by atoms with van der Waals surface area (Å²) in [4.78, 5) is 40.5. The van der Waals surface area contributed by atoms with E-state index >= 15 is 0 Å². The minimum atomic E-state index is -2.36. The zero-order valence-corrected chi connectivity index (χ0v) is 35.3. The molecule has 1 unspecified atom stereocenters. The Kier molecular flexibility index (Phi) is 15.4. The third kappa shape index (κ3) is 9.88. The number of nitrogens with one attached hydrogen (secondary N) is 1. The number of hydrogen-bond acceptors (Lipinski definition) is 12. The zero-order valence-electron chi connectivity index (χ0n) is 34.4. The Bertz CT molecular complexity index is 2020. The summed E-state index contributed by atoms with van der Waals surface area (Å²) in [5.41, 5.74) is -0.444. The Balaban J connectivity index is 1.67. The van der Waals surface area contributed by atoms with Crippen LogP contribution in [0.2, 0.25) is 0 Å². The molecule has 1 saturated heterocycles. The molecule has 1 aliphatic heterocycles. The van der Waals surface area contributed by atoms with Crippen molar-refractivity contribution in [3.63, 3.8) is 0 Å². The largest absolute Gasteiger partial charge is 0.497 e. The first kappa shape index (κ1) is 44.7. The third-order valence-electron chi connectivity index (χ3n) is 10.3. The lowest BCUT2D eigenvalue weighted by atomic mass is 9.80. The van der Waals surface area contributed by atoms with E-state index in [1.165, 1.54) is 10.8 Å². The fourth-order valence-electron chi connectivity index (χ4n) is 7.46. The molecule has 312 valence electrons. The molecule has 1 aliphatic rings. The Morgan fingerprint density at radius 3 is 2.03 bits per heavy atom. The summed E-state index contributed by atoms with van der Waals surface area (Å²) in [5, 5.41) is 9.43. The van der Waals surface area contributed by atoms with Crippen molar-refractivity contribution < 1.29 is 37.8 Å². The van der Waals surface area contributed by atoms with Gasteiger partial charge in [-0.05, 0) is 82.0 Å². The van der Waals surface area contributed by atoms with E-state index in [2.05, 4.69) is 11.1 Å². The first-order valence-electron chi connectivity index (χ1n) is 19.2. The second-order valence-electron chi connectivity index (χ2n) is 14.9. The van der Waals surface area contributed by atoms with Crippen LogP contribution in [0.25, 0.3) is 0 Å². The number of rotatable bonds is 20. The molecule has 0 amide bonds. The fraction of sp³-hybridized carbons (Fsp3) is 0.465. The number of nitriles is 1. The molecule has 0 spiro atoms. The summed E-state index contributed by atoms with van der Waals surface area (Å²) >= 11 is 0. The van der Waals surface area contributed by atoms with Gasteiger partial charge < -0.3 is 37.8 Å². The lowest BCUT2D eigenvalue weighted by molar-refractivity contribution is -0.0991. The molecule has 4 aromatic rings. The standard InChI is InChI=1S/C43H55N4O10P/c1-29(2)47(42(4,5)23-12-24-44)58(50)57-37-36(56-40(38(37)54-26-25-51-6)46-27-30(3)39(48)45-41(46)49)28-55-43(31-13-10-9-11-14-31,32-15-19-34(52-7)20-16-32)33-17-21-35(53-8)22-18-33/h9-11,13-22,27,29,36-38,40,50H,12,23,25-26,28H2,1-8H3,(H,45,48,49)/t36-,37+,38-,40-,58?/m1/s1. The van der Waals surface area contributed by atoms with Gasteiger partial charge in [0.2, 0.25) is 0 Å². The van der Waals surface area contributed by atoms with Gasteiger partial charge in [0.25, 0.3) is 14.1 Å². The molecule has 3 aromatic carbocycles. The highest BCUT2D eigenvalue weighted by atomic mass is 31.2. The second kappa shape index (κ2) is 20.0. The summed E-state index contributed by atoms with van der Waals surface area (Å²) in [7, 11) is 2.40. The van der Waals surface area contributed by atoms with Crippen molar-refractivity contribution in [2.45, 2.75) is 89.2 Å². The smallest absolute Gasteiger partial charge is 0.330 e. The maximum absolute atomic E-state index is 13.5. The van der Waals surface area contributed by atoms with Gasteiger partial charge in [-0.3, -0.25) is 14.3 Å². The van der Waals surface area contributed by atoms with Crippen LogP contribution >= 0.6 is 8.53 Å². The summed E-state index contributed by atoms with van der Waals surface area (Å²) in [5.74, 6) is 1.33. The Hall–Kier alpha value is -4.42. The first-order valence-corrected chi connectivity index (χ1v) is 20.4. The Labute approximate surface area is 341 Å². The van der Waals surface area contributed by atoms with E-state index < -0.39 is 55.5 Å². The molecule has 0 radical (unpaired) electrons. The van der Waals surface area contributed by atoms with Gasteiger partial charge in [-0.2, -0.15) is 5.26 Å². The Morgan fingerprint density at radius 2 is 1.50 bits per heavy atom. The molecule has 1 aromatic heterocycles. The molecule has 2 N–H and O–H groups in total. The highest BCUT2D eigenvalue weighted by Crippen LogP contribution is 2.50. The van der Waals surface area contributed by atoms with Crippen LogP contribution in [0.5, 0.6) is 11.5 Å². The van der Waals surface area contributed by atoms with Gasteiger partial charge >= 0.3 is 5.69 Å². The molecule has 1 fully saturated rings. The fourth-order valence-corrected chi connectivity index (χ4v) is 8.99. The maximum atomic E-state index is 13.5. The van der Waals surface area contributed by atoms with Crippen molar-refractivity contribution in [3.05, 3.63) is 128 Å². The highest BCUT2D eigenvalue weighted by molar-refractivity contribution is 7.43. The van der Waals surface area contributed by atoms with Gasteiger partial charge in [-0.15, -0.1) is 0 Å². The molecule has 0 saturated carbocycles. The molecule has 58 heavy (non-hydrogen) atoms. The van der Waals surface area contributed by atoms with Gasteiger partial charge in [-0.25, -0.2) is 9.46 Å². The van der Waals surface area contributed by atoms with E-state index in [4.69, 9.17) is 32.9 Å². The van der Waals surface area contributed by atoms with Gasteiger partial charge in [-0.1, -0.05) is 54.6 Å². The summed E-state index contributed by atoms with van der Waals surface area (Å²) in [6, 6.07) is 27.0. The predicted molar refractivity (Wildman–Crippen MR) is 220 cm³/mol. The van der Waals surface area contributed by atoms with E-state index in [1.807, 2.05) is 111 Å². The lowest BCUT2D eigenvalue weighted by Gasteiger charge is -2.43. The van der Waals surface area contributed by atoms with Crippen molar-refractivity contribution >= 4 is 8.53 Å². The molecule has 15 heteroatoms. The van der Waals surface area contributed by atoms with Gasteiger partial charge in [0.1, 0.15) is 35.4 Å². The number of ether oxygens (including phenoxy) is 6. The minimum Gasteiger partial charge on any atom is -0.497 e. The lowest BCUT2D eigenvalue weighted by Crippen LogP contribution is -2.47. The number of methoxy groups -OCH3 is 3. The summed E-state index contributed by atoms with van der Waals surface area (Å²) < 4.78 is 46.7. The Morgan fingerprint density at radius 1 is 0.914 bits per heavy atom. The van der Waals surface area contributed by atoms with Crippen molar-refractivity contribution in [1.29, 1.82) is 5.26 Å². The molecule has 2 heterocycles. The average Bonchev–Trinajstić information content (AvgIpc) is 3.55. The number of nitrogens with zero attached hydrogens (tertiary/aromatic N) is 3. The van der Waals surface area contributed by atoms with Gasteiger partial charge in [0.15, 0.2) is 6.23 Å². The molecular formula is C43H55N4O10P. The predicted octanol–water partition coefficient (Wildman–Crippen LogP) is 6.20. The SMILES string of the molecule is COCCO[C@@H]1[C@@H](OP(O)N(C(C)C)C(C)(C)CCC#N)[C@@H](COC(c2ccccc2)(c2ccc(OC)cc2)c2ccc(OC)cc2)O[C@H]1n1cc(C)c(=O)[nH]c1=O. The third-order valence-corrected chi connectivity index (χ3v) is 12.1. The molecule has 0 aliphatic carbocycles. The van der Waals surface area contributed by atoms with Crippen LogP contribution in [0.1, 0.15) is 69.0 Å². The molecular weight excluding hydrogens is 763 g/mol. The molecule has 14 nitrogen and oxygen atoms in total. The number of aromatic nitrogens is 2. The number of H-pyrrole nitrogens is 1. The summed E-state index contributed by atoms with van der Waals surface area (Å²) in [6.07, 6.45) is -1.91. The van der Waals surface area contributed by atoms with Crippen molar-refractivity contribution in [2.75, 3.05) is 41.2 Å². The van der Waals surface area contributed by atoms with Crippen molar-refractivity contribution in [2.24, 2.45) is 0 Å². The van der Waals surface area contributed by atoms with Crippen LogP contribution in [-0.4, -0.2) is 90.2 Å². The minimum absolute atomic E-state index is 0.0993. The molecule has 0 bridgehead atoms. The zero-order chi connectivity index (χ0) is 42.0. The molecule has 5 rings (SSSR count). The van der Waals surface area contributed by atoms with E-state index in [0.717, 1.165) is 16.7 Å². The quantitative estimate of drug-likeness (QED) is 0.0590. The number of hydrogen-bond donors (Lipinski definition) is 2. The van der Waals surface area contributed by atoms with Gasteiger partial charge in [0.05, 0.1) is 40.1 Å². The van der Waals surface area contributed by atoms with E-state index in [1.54, 1.807) is 28.3 Å². The van der Waals surface area contributed by atoms with E-state index in [0.29, 0.717) is 17.9 Å². The van der Waals surface area contributed by atoms with Crippen LogP contribution in [0.3, 0.4) is 0 Å². The monoisotopic (exact) mass is 818 g/mol. The normalized spacial score (nSPS) is 19.0. The molecule has 5 atom stereocenters. The maximum Gasteiger partial charge on any atom is 0.330 e. The van der Waals surface area contributed by atoms with E-state index in [9.17, 15) is 19.7 Å². The van der Waals surface area contributed by atoms with E-state index in [-0.39, 0.29) is 37.8 Å². The number of benzene rings is 3. The van der Waals surface area contributed by atoms with Crippen LogP contribution in [0.4, 0.5) is 0 Å². The first-order chi connectivity index (χ1) is 27.8.